The van der Waals surface area contributed by atoms with Crippen LogP contribution in [0.5, 0.6) is 0 Å². The molecule has 0 aliphatic carbocycles. The van der Waals surface area contributed by atoms with Crippen LogP contribution in [0, 0.1) is 18.3 Å². The predicted molar refractivity (Wildman–Crippen MR) is 97.2 cm³/mol. The molecule has 0 radical (unpaired) electrons. The zero-order chi connectivity index (χ0) is 18.4. The minimum absolute atomic E-state index is 0.0836. The number of aryl methyl sites for hydroxylation is 1. The number of amides is 2. The lowest BCUT2D eigenvalue weighted by atomic mass is 10.0. The minimum Gasteiger partial charge on any atom is -0.349 e. The summed E-state index contributed by atoms with van der Waals surface area (Å²) in [6.45, 7) is 3.39. The van der Waals surface area contributed by atoms with Crippen molar-refractivity contribution in [2.75, 3.05) is 5.32 Å². The molecule has 2 amide bonds. The highest BCUT2D eigenvalue weighted by atomic mass is 35.5. The molecule has 2 N–H and O–H groups in total. The molecule has 25 heavy (non-hydrogen) atoms. The van der Waals surface area contributed by atoms with Crippen molar-refractivity contribution >= 4 is 29.1 Å². The second kappa shape index (κ2) is 8.32. The molecule has 1 unspecified atom stereocenters. The van der Waals surface area contributed by atoms with Crippen LogP contribution in [0.3, 0.4) is 0 Å². The highest BCUT2D eigenvalue weighted by molar-refractivity contribution is 6.32. The van der Waals surface area contributed by atoms with E-state index < -0.39 is 6.04 Å². The van der Waals surface area contributed by atoms with Gasteiger partial charge in [-0.25, -0.2) is 0 Å². The lowest BCUT2D eigenvalue weighted by molar-refractivity contribution is -0.120. The molecule has 0 spiro atoms. The summed E-state index contributed by atoms with van der Waals surface area (Å²) < 4.78 is 0. The zero-order valence-electron chi connectivity index (χ0n) is 14.0. The maximum absolute atomic E-state index is 12.3. The van der Waals surface area contributed by atoms with Gasteiger partial charge in [0.15, 0.2) is 0 Å². The number of anilines is 1. The first kappa shape index (κ1) is 18.5. The number of benzene rings is 2. The number of hydrogen-bond donors (Lipinski definition) is 2. The number of halogens is 1. The normalized spacial score (nSPS) is 11.3. The molecular formula is C19H18ClN3O2. The Kier molecular flexibility index (Phi) is 6.15. The molecule has 5 nitrogen and oxygen atoms in total. The van der Waals surface area contributed by atoms with Gasteiger partial charge in [-0.15, -0.1) is 0 Å². The Morgan fingerprint density at radius 3 is 2.44 bits per heavy atom. The van der Waals surface area contributed by atoms with Crippen LogP contribution >= 0.6 is 11.6 Å². The fourth-order valence-corrected chi connectivity index (χ4v) is 2.60. The monoisotopic (exact) mass is 355 g/mol. The van der Waals surface area contributed by atoms with Gasteiger partial charge in [0.05, 0.1) is 23.0 Å². The van der Waals surface area contributed by atoms with E-state index in [-0.39, 0.29) is 23.3 Å². The van der Waals surface area contributed by atoms with Crippen molar-refractivity contribution in [1.82, 2.24) is 5.32 Å². The fourth-order valence-electron chi connectivity index (χ4n) is 2.38. The lowest BCUT2D eigenvalue weighted by Crippen LogP contribution is -2.29. The molecule has 2 rings (SSSR count). The summed E-state index contributed by atoms with van der Waals surface area (Å²) in [5, 5.41) is 14.7. The van der Waals surface area contributed by atoms with Crippen LogP contribution in [-0.2, 0) is 9.59 Å². The molecular weight excluding hydrogens is 338 g/mol. The van der Waals surface area contributed by atoms with Crippen molar-refractivity contribution in [1.29, 1.82) is 5.26 Å². The summed E-state index contributed by atoms with van der Waals surface area (Å²) in [5.41, 5.74) is 2.80. The standard InChI is InChI=1S/C19H18ClN3O2/c1-12-3-5-14(6-4-12)18(22-13(2)24)10-19(25)23-16-8-7-15(11-21)17(20)9-16/h3-9,18H,10H2,1-2H3,(H,22,24)(H,23,25). The van der Waals surface area contributed by atoms with Gasteiger partial charge in [0.2, 0.25) is 11.8 Å². The molecule has 0 aromatic heterocycles. The van der Waals surface area contributed by atoms with Gasteiger partial charge in [-0.1, -0.05) is 41.4 Å². The minimum atomic E-state index is -0.424. The van der Waals surface area contributed by atoms with E-state index in [1.807, 2.05) is 37.3 Å². The van der Waals surface area contributed by atoms with Crippen LogP contribution in [0.25, 0.3) is 0 Å². The summed E-state index contributed by atoms with van der Waals surface area (Å²) in [5.74, 6) is -0.472. The van der Waals surface area contributed by atoms with E-state index in [0.717, 1.165) is 11.1 Å². The van der Waals surface area contributed by atoms with E-state index in [1.54, 1.807) is 12.1 Å². The van der Waals surface area contributed by atoms with Gasteiger partial charge in [-0.3, -0.25) is 9.59 Å². The predicted octanol–water partition coefficient (Wildman–Crippen LogP) is 3.73. The van der Waals surface area contributed by atoms with E-state index in [9.17, 15) is 9.59 Å². The van der Waals surface area contributed by atoms with Gasteiger partial charge in [0.25, 0.3) is 0 Å². The maximum atomic E-state index is 12.3. The second-order valence-corrected chi connectivity index (χ2v) is 6.13. The number of nitriles is 1. The first-order valence-electron chi connectivity index (χ1n) is 7.72. The number of carbonyl (C=O) groups excluding carboxylic acids is 2. The van der Waals surface area contributed by atoms with Crippen LogP contribution in [0.2, 0.25) is 5.02 Å². The third-order valence-electron chi connectivity index (χ3n) is 3.62. The van der Waals surface area contributed by atoms with E-state index >= 15 is 0 Å². The molecule has 0 bridgehead atoms. The largest absolute Gasteiger partial charge is 0.349 e. The average molecular weight is 356 g/mol. The van der Waals surface area contributed by atoms with Gasteiger partial charge in [0.1, 0.15) is 6.07 Å². The van der Waals surface area contributed by atoms with E-state index in [2.05, 4.69) is 10.6 Å². The van der Waals surface area contributed by atoms with Gasteiger partial charge >= 0.3 is 0 Å². The van der Waals surface area contributed by atoms with Crippen molar-refractivity contribution < 1.29 is 9.59 Å². The summed E-state index contributed by atoms with van der Waals surface area (Å²) in [6.07, 6.45) is 0.0836. The van der Waals surface area contributed by atoms with Crippen molar-refractivity contribution in [3.8, 4) is 6.07 Å². The van der Waals surface area contributed by atoms with Crippen LogP contribution in [0.15, 0.2) is 42.5 Å². The summed E-state index contributed by atoms with van der Waals surface area (Å²) in [7, 11) is 0. The van der Waals surface area contributed by atoms with E-state index in [0.29, 0.717) is 11.3 Å². The molecule has 0 aliphatic heterocycles. The Labute approximate surface area is 151 Å². The molecule has 0 aliphatic rings. The van der Waals surface area contributed by atoms with Crippen LogP contribution in [0.4, 0.5) is 5.69 Å². The van der Waals surface area contributed by atoms with Gasteiger partial charge in [0, 0.05) is 12.6 Å². The zero-order valence-corrected chi connectivity index (χ0v) is 14.7. The molecule has 128 valence electrons. The fraction of sp³-hybridized carbons (Fsp3) is 0.211. The van der Waals surface area contributed by atoms with Crippen LogP contribution in [-0.4, -0.2) is 11.8 Å². The highest BCUT2D eigenvalue weighted by Crippen LogP contribution is 2.22. The molecule has 6 heteroatoms. The maximum Gasteiger partial charge on any atom is 0.226 e. The topological polar surface area (TPSA) is 82.0 Å². The van der Waals surface area contributed by atoms with Gasteiger partial charge in [-0.2, -0.15) is 5.26 Å². The Hall–Kier alpha value is -2.84. The molecule has 2 aromatic carbocycles. The van der Waals surface area contributed by atoms with Crippen molar-refractivity contribution in [3.63, 3.8) is 0 Å². The van der Waals surface area contributed by atoms with Gasteiger partial charge in [-0.05, 0) is 30.7 Å². The number of nitrogens with one attached hydrogen (secondary N) is 2. The highest BCUT2D eigenvalue weighted by Gasteiger charge is 2.17. The number of hydrogen-bond acceptors (Lipinski definition) is 3. The Morgan fingerprint density at radius 1 is 1.20 bits per heavy atom. The summed E-state index contributed by atoms with van der Waals surface area (Å²) >= 11 is 5.97. The first-order chi connectivity index (χ1) is 11.9. The van der Waals surface area contributed by atoms with E-state index in [1.165, 1.54) is 13.0 Å². The third kappa shape index (κ3) is 5.33. The van der Waals surface area contributed by atoms with Crippen molar-refractivity contribution in [2.45, 2.75) is 26.3 Å². The van der Waals surface area contributed by atoms with Crippen molar-refractivity contribution in [2.24, 2.45) is 0 Å². The smallest absolute Gasteiger partial charge is 0.226 e. The Balaban J connectivity index is 2.11. The average Bonchev–Trinajstić information content (AvgIpc) is 2.54. The third-order valence-corrected chi connectivity index (χ3v) is 3.93. The SMILES string of the molecule is CC(=O)NC(CC(=O)Nc1ccc(C#N)c(Cl)c1)c1ccc(C)cc1. The molecule has 1 atom stereocenters. The molecule has 2 aromatic rings. The molecule has 0 heterocycles. The Bertz CT molecular complexity index is 826. The Morgan fingerprint density at radius 2 is 1.88 bits per heavy atom. The first-order valence-corrected chi connectivity index (χ1v) is 8.10. The van der Waals surface area contributed by atoms with E-state index in [4.69, 9.17) is 16.9 Å². The summed E-state index contributed by atoms with van der Waals surface area (Å²) in [4.78, 5) is 23.8. The van der Waals surface area contributed by atoms with Gasteiger partial charge < -0.3 is 10.6 Å². The molecule has 0 fully saturated rings. The number of rotatable bonds is 5. The molecule has 0 saturated carbocycles. The lowest BCUT2D eigenvalue weighted by Gasteiger charge is -2.18. The van der Waals surface area contributed by atoms with Crippen molar-refractivity contribution in [3.05, 3.63) is 64.2 Å². The second-order valence-electron chi connectivity index (χ2n) is 5.72. The quantitative estimate of drug-likeness (QED) is 0.857. The van der Waals surface area contributed by atoms with Crippen LogP contribution < -0.4 is 10.6 Å². The van der Waals surface area contributed by atoms with Crippen LogP contribution in [0.1, 0.15) is 36.1 Å². The number of carbonyl (C=O) groups is 2. The summed E-state index contributed by atoms with van der Waals surface area (Å²) in [6, 6.07) is 13.9. The number of nitrogens with zero attached hydrogens (tertiary/aromatic N) is 1. The molecule has 0 saturated heterocycles.